The molecule has 5 rings (SSSR count). The van der Waals surface area contributed by atoms with E-state index in [0.717, 1.165) is 0 Å². The van der Waals surface area contributed by atoms with E-state index in [4.69, 9.17) is 28.8 Å². The van der Waals surface area contributed by atoms with E-state index in [2.05, 4.69) is 4.74 Å². The first kappa shape index (κ1) is 8.21. The number of fused-ring (bicyclic) bond motifs is 1. The third-order valence-corrected chi connectivity index (χ3v) is 4.64. The molecule has 8 heteroatoms. The lowest BCUT2D eigenvalue weighted by Gasteiger charge is -2.29. The summed E-state index contributed by atoms with van der Waals surface area (Å²) >= 11 is 0. The van der Waals surface area contributed by atoms with E-state index in [1.165, 1.54) is 0 Å². The predicted octanol–water partition coefficient (Wildman–Crippen LogP) is 1.89. The highest BCUT2D eigenvalue weighted by Gasteiger charge is 2.39. The van der Waals surface area contributed by atoms with Gasteiger partial charge in [0.2, 0.25) is 11.8 Å². The molecule has 0 aliphatic carbocycles. The van der Waals surface area contributed by atoms with Crippen LogP contribution in [0.3, 0.4) is 0 Å². The first-order valence-electron chi connectivity index (χ1n) is 19.9. The van der Waals surface area contributed by atoms with E-state index in [-0.39, 0.29) is 12.8 Å². The largest absolute Gasteiger partial charge is 0.381 e. The van der Waals surface area contributed by atoms with Gasteiger partial charge >= 0.3 is 0 Å². The van der Waals surface area contributed by atoms with Gasteiger partial charge in [-0.15, -0.1) is 0 Å². The van der Waals surface area contributed by atoms with Gasteiger partial charge in [0.25, 0.3) is 5.91 Å². The van der Waals surface area contributed by atoms with E-state index in [1.54, 1.807) is 0 Å². The molecule has 3 aliphatic heterocycles. The molecule has 1 unspecified atom stereocenters. The van der Waals surface area contributed by atoms with Gasteiger partial charge in [0, 0.05) is 63.9 Å². The number of carbonyl (C=O) groups is 3. The molecular weight excluding hydrogens is 420 g/mol. The maximum Gasteiger partial charge on any atom is 0.255 e. The van der Waals surface area contributed by atoms with Crippen molar-refractivity contribution in [2.45, 2.75) is 38.4 Å². The van der Waals surface area contributed by atoms with Crippen LogP contribution in [0.5, 0.6) is 0 Å². The number of morpholine rings is 1. The molecule has 3 amide bonds. The SMILES string of the molecule is [2H]c1c([2H])c(NC([2H])([2H])c2c([2H])c([2H])c([2H])c(C([2H])([2H])N3C([2H])([2H])C([2H])([2H])OC([2H])([2H])C3([2H])[2H])c2[2H])c2c(c1[2H])C(=O)N(C1CCC(=O)NC1=O)C2([2H])[2H]. The molecule has 2 saturated heterocycles. The molecule has 0 radical (unpaired) electrons. The van der Waals surface area contributed by atoms with Crippen molar-refractivity contribution in [3.05, 3.63) is 64.6 Å². The summed E-state index contributed by atoms with van der Waals surface area (Å²) in [6.45, 7) is -26.4. The predicted molar refractivity (Wildman–Crippen MR) is 122 cm³/mol. The Labute approximate surface area is 222 Å². The fraction of sp³-hybridized carbons (Fsp3) is 0.400. The van der Waals surface area contributed by atoms with Crippen molar-refractivity contribution in [3.8, 4) is 0 Å². The molecule has 2 fully saturated rings. The van der Waals surface area contributed by atoms with Gasteiger partial charge in [-0.2, -0.15) is 0 Å². The van der Waals surface area contributed by atoms with Gasteiger partial charge in [0.1, 0.15) is 6.04 Å². The number of hydrogen-bond donors (Lipinski definition) is 2. The number of ether oxygens (including phenoxy) is 1. The van der Waals surface area contributed by atoms with Crippen molar-refractivity contribution in [1.82, 2.24) is 15.1 Å². The molecule has 2 N–H and O–H groups in total. The molecule has 2 aromatic carbocycles. The Morgan fingerprint density at radius 1 is 1.15 bits per heavy atom. The third-order valence-electron chi connectivity index (χ3n) is 4.64. The van der Waals surface area contributed by atoms with Gasteiger partial charge in [-0.1, -0.05) is 30.2 Å². The van der Waals surface area contributed by atoms with Crippen LogP contribution in [0.2, 0.25) is 0 Å². The Hall–Kier alpha value is -3.23. The van der Waals surface area contributed by atoms with Gasteiger partial charge in [0.15, 0.2) is 0 Å². The normalized spacial score (nSPS) is 38.9. The molecular formula is C25H28N4O4. The molecule has 2 aromatic rings. The van der Waals surface area contributed by atoms with Gasteiger partial charge in [0.05, 0.1) is 33.7 Å². The molecule has 8 nitrogen and oxygen atoms in total. The standard InChI is InChI=1S/C25H28N4O4/c30-23-8-7-22(24(31)27-23)29-16-20-19(25(29)32)5-2-6-21(20)26-14-17-3-1-4-18(13-17)15-28-9-11-33-12-10-28/h1-6,13,22,26H,7-12,14-16H2,(H,27,30,31)/i1D,2D,3D,4D,5D,6D,9D2,10D2,11D2,12D2,13D,14D2,15D2,16D2. The Bertz CT molecular complexity index is 2000. The highest BCUT2D eigenvalue weighted by atomic mass is 16.5. The zero-order valence-corrected chi connectivity index (χ0v) is 16.5. The first-order valence-corrected chi connectivity index (χ1v) is 9.45. The Kier molecular flexibility index (Phi) is 2.32. The van der Waals surface area contributed by atoms with Crippen LogP contribution in [-0.2, 0) is 33.8 Å². The van der Waals surface area contributed by atoms with Gasteiger partial charge in [-0.3, -0.25) is 24.6 Å². The first-order chi connectivity index (χ1) is 24.2. The highest BCUT2D eigenvalue weighted by molar-refractivity contribution is 6.06. The summed E-state index contributed by atoms with van der Waals surface area (Å²) in [6, 6.07) is -10.5. The van der Waals surface area contributed by atoms with Crippen molar-refractivity contribution < 1.29 is 47.9 Å². The fourth-order valence-corrected chi connectivity index (χ4v) is 3.16. The number of nitrogens with zero attached hydrogens (tertiary/aromatic N) is 2. The second-order valence-electron chi connectivity index (χ2n) is 6.73. The summed E-state index contributed by atoms with van der Waals surface area (Å²) in [6.07, 6.45) is -0.717. The Morgan fingerprint density at radius 2 is 1.94 bits per heavy atom. The number of piperidine rings is 1. The molecule has 33 heavy (non-hydrogen) atoms. The quantitative estimate of drug-likeness (QED) is 0.628. The topological polar surface area (TPSA) is 91.0 Å². The minimum absolute atomic E-state index is 0.333. The number of rotatable bonds is 6. The van der Waals surface area contributed by atoms with Crippen LogP contribution in [0.4, 0.5) is 5.69 Å². The lowest BCUT2D eigenvalue weighted by molar-refractivity contribution is -0.136. The maximum atomic E-state index is 13.7. The van der Waals surface area contributed by atoms with Crippen molar-refractivity contribution >= 4 is 23.4 Å². The zero-order chi connectivity index (χ0) is 41.4. The molecule has 0 saturated carbocycles. The monoisotopic (exact) mass is 469 g/mol. The van der Waals surface area contributed by atoms with E-state index in [1.807, 2.05) is 10.6 Å². The van der Waals surface area contributed by atoms with E-state index < -0.39 is 145 Å². The number of amides is 3. The highest BCUT2D eigenvalue weighted by Crippen LogP contribution is 2.32. The van der Waals surface area contributed by atoms with E-state index in [0.29, 0.717) is 4.90 Å². The minimum Gasteiger partial charge on any atom is -0.381 e. The van der Waals surface area contributed by atoms with Crippen molar-refractivity contribution in [3.63, 3.8) is 0 Å². The van der Waals surface area contributed by atoms with Gasteiger partial charge in [-0.25, -0.2) is 0 Å². The average molecular weight is 470 g/mol. The fourth-order valence-electron chi connectivity index (χ4n) is 3.16. The van der Waals surface area contributed by atoms with Gasteiger partial charge in [-0.05, 0) is 29.6 Å². The van der Waals surface area contributed by atoms with Crippen LogP contribution in [0.25, 0.3) is 0 Å². The number of nitrogens with one attached hydrogen (secondary N) is 2. The summed E-state index contributed by atoms with van der Waals surface area (Å²) in [7, 11) is 0. The summed E-state index contributed by atoms with van der Waals surface area (Å²) in [5.41, 5.74) is -5.84. The second kappa shape index (κ2) is 9.33. The van der Waals surface area contributed by atoms with Crippen molar-refractivity contribution in [2.75, 3.05) is 31.4 Å². The van der Waals surface area contributed by atoms with Crippen LogP contribution in [0, 0.1) is 0 Å². The minimum atomic E-state index is -4.03. The summed E-state index contributed by atoms with van der Waals surface area (Å²) in [5, 5.41) is 3.94. The van der Waals surface area contributed by atoms with Crippen LogP contribution in [0.15, 0.2) is 42.3 Å². The summed E-state index contributed by atoms with van der Waals surface area (Å²) in [5.74, 6) is -3.19. The van der Waals surface area contributed by atoms with Gasteiger partial charge < -0.3 is 15.0 Å². The van der Waals surface area contributed by atoms with Crippen LogP contribution < -0.4 is 10.6 Å². The Morgan fingerprint density at radius 3 is 2.76 bits per heavy atom. The third kappa shape index (κ3) is 4.62. The number of benzene rings is 2. The summed E-state index contributed by atoms with van der Waals surface area (Å²) in [4.78, 5) is 37.8. The van der Waals surface area contributed by atoms with Crippen LogP contribution >= 0.6 is 0 Å². The maximum absolute atomic E-state index is 13.7. The molecule has 172 valence electrons. The number of imide groups is 1. The van der Waals surface area contributed by atoms with Crippen LogP contribution in [0.1, 0.15) is 68.7 Å². The van der Waals surface area contributed by atoms with Crippen molar-refractivity contribution in [2.24, 2.45) is 0 Å². The lowest BCUT2D eigenvalue weighted by atomic mass is 10.0. The molecule has 1 atom stereocenters. The second-order valence-corrected chi connectivity index (χ2v) is 6.73. The molecule has 3 heterocycles. The Balaban J connectivity index is 1.73. The average Bonchev–Trinajstić information content (AvgIpc) is 3.19. The van der Waals surface area contributed by atoms with E-state index in [9.17, 15) is 14.4 Å². The lowest BCUT2D eigenvalue weighted by Crippen LogP contribution is -2.52. The number of hydrogen-bond acceptors (Lipinski definition) is 6. The smallest absolute Gasteiger partial charge is 0.255 e. The summed E-state index contributed by atoms with van der Waals surface area (Å²) < 4.78 is 181. The molecule has 0 spiro atoms. The number of carbonyl (C=O) groups excluding carboxylic acids is 3. The molecule has 0 aromatic heterocycles. The van der Waals surface area contributed by atoms with E-state index >= 15 is 0 Å². The zero-order valence-electron chi connectivity index (χ0n) is 37.5. The molecule has 0 bridgehead atoms. The number of anilines is 1. The van der Waals surface area contributed by atoms with Crippen LogP contribution in [-0.4, -0.2) is 59.7 Å². The van der Waals surface area contributed by atoms with Crippen molar-refractivity contribution in [1.29, 1.82) is 0 Å². The molecule has 3 aliphatic rings.